The van der Waals surface area contributed by atoms with Crippen molar-refractivity contribution < 1.29 is 28.5 Å². The van der Waals surface area contributed by atoms with E-state index in [0.717, 1.165) is 35.5 Å². The summed E-state index contributed by atoms with van der Waals surface area (Å²) in [5, 5.41) is 0. The molecule has 2 aromatic rings. The van der Waals surface area contributed by atoms with Crippen LogP contribution in [0.4, 0.5) is 0 Å². The normalized spacial score (nSPS) is 32.1. The van der Waals surface area contributed by atoms with Gasteiger partial charge in [0.25, 0.3) is 0 Å². The Morgan fingerprint density at radius 2 is 1.60 bits per heavy atom. The van der Waals surface area contributed by atoms with Gasteiger partial charge in [-0.1, -0.05) is 56.0 Å². The van der Waals surface area contributed by atoms with E-state index in [9.17, 15) is 4.79 Å². The summed E-state index contributed by atoms with van der Waals surface area (Å²) in [4.78, 5) is 12.3. The Balaban J connectivity index is 1.28. The molecule has 0 N–H and O–H groups in total. The van der Waals surface area contributed by atoms with E-state index >= 15 is 0 Å². The number of hydrogen-bond donors (Lipinski definition) is 0. The third kappa shape index (κ3) is 6.88. The molecule has 1 aliphatic heterocycles. The van der Waals surface area contributed by atoms with Crippen molar-refractivity contribution in [2.45, 2.75) is 63.8 Å². The van der Waals surface area contributed by atoms with E-state index in [1.54, 1.807) is 14.2 Å². The highest BCUT2D eigenvalue weighted by Crippen LogP contribution is 2.50. The van der Waals surface area contributed by atoms with Gasteiger partial charge >= 0.3 is 0 Å². The first-order valence-corrected chi connectivity index (χ1v) is 15.1. The molecular formula is C36H44O6. The van der Waals surface area contributed by atoms with Crippen LogP contribution in [0.15, 0.2) is 86.0 Å². The predicted octanol–water partition coefficient (Wildman–Crippen LogP) is 7.26. The van der Waals surface area contributed by atoms with Gasteiger partial charge in [-0.05, 0) is 72.4 Å². The number of ketones is 1. The lowest BCUT2D eigenvalue weighted by atomic mass is 9.69. The Kier molecular flexibility index (Phi) is 9.99. The van der Waals surface area contributed by atoms with Gasteiger partial charge in [-0.3, -0.25) is 4.79 Å². The molecule has 3 aliphatic rings. The number of allylic oxidation sites excluding steroid dienone is 3. The lowest BCUT2D eigenvalue weighted by Gasteiger charge is -2.40. The van der Waals surface area contributed by atoms with Gasteiger partial charge in [-0.2, -0.15) is 0 Å². The number of hydrogen-bond acceptors (Lipinski definition) is 6. The number of ether oxygens (including phenoxy) is 5. The lowest BCUT2D eigenvalue weighted by Crippen LogP contribution is -2.38. The fraction of sp³-hybridized carbons (Fsp3) is 0.472. The SMILES string of the molecule is C=CC(=O)C[C@@H]1C[C@H](C[C@@H]2C=C[C@@H]3[C@@H](C[C@@H](C)[C@H]3OCc3ccc(OC)cc3)[C@@H]2C=C)O[C@H](c2ccc(OC)cc2)O1. The zero-order valence-electron chi connectivity index (χ0n) is 25.0. The van der Waals surface area contributed by atoms with Gasteiger partial charge in [-0.25, -0.2) is 0 Å². The molecule has 9 atom stereocenters. The summed E-state index contributed by atoms with van der Waals surface area (Å²) in [6.07, 6.45) is 10.5. The summed E-state index contributed by atoms with van der Waals surface area (Å²) in [7, 11) is 3.33. The zero-order chi connectivity index (χ0) is 29.6. The molecule has 2 fully saturated rings. The summed E-state index contributed by atoms with van der Waals surface area (Å²) in [6, 6.07) is 15.8. The van der Waals surface area contributed by atoms with Crippen molar-refractivity contribution >= 4 is 5.78 Å². The first-order valence-electron chi connectivity index (χ1n) is 15.1. The number of fused-ring (bicyclic) bond motifs is 1. The maximum Gasteiger partial charge on any atom is 0.184 e. The Labute approximate surface area is 250 Å². The van der Waals surface area contributed by atoms with Crippen LogP contribution in [0.5, 0.6) is 11.5 Å². The fourth-order valence-corrected chi connectivity index (χ4v) is 7.10. The quantitative estimate of drug-likeness (QED) is 0.197. The molecule has 2 aromatic carbocycles. The van der Waals surface area contributed by atoms with Gasteiger partial charge in [0.15, 0.2) is 12.1 Å². The van der Waals surface area contributed by atoms with Crippen molar-refractivity contribution in [1.29, 1.82) is 0 Å². The second kappa shape index (κ2) is 13.9. The Hall–Kier alpha value is -3.19. The average Bonchev–Trinajstić information content (AvgIpc) is 3.34. The van der Waals surface area contributed by atoms with Crippen molar-refractivity contribution in [1.82, 2.24) is 0 Å². The molecule has 0 unspecified atom stereocenters. The molecule has 5 rings (SSSR count). The molecule has 42 heavy (non-hydrogen) atoms. The van der Waals surface area contributed by atoms with Crippen LogP contribution in [-0.4, -0.2) is 38.3 Å². The molecule has 1 saturated carbocycles. The fourth-order valence-electron chi connectivity index (χ4n) is 7.10. The van der Waals surface area contributed by atoms with E-state index in [-0.39, 0.29) is 24.1 Å². The number of rotatable bonds is 12. The summed E-state index contributed by atoms with van der Waals surface area (Å²) in [6.45, 7) is 10.8. The second-order valence-corrected chi connectivity index (χ2v) is 11.9. The average molecular weight is 573 g/mol. The molecule has 0 radical (unpaired) electrons. The summed E-state index contributed by atoms with van der Waals surface area (Å²) in [5.41, 5.74) is 2.06. The van der Waals surface area contributed by atoms with Crippen molar-refractivity contribution in [2.24, 2.45) is 29.6 Å². The number of carbonyl (C=O) groups excluding carboxylic acids is 1. The molecular weight excluding hydrogens is 528 g/mol. The molecule has 0 aromatic heterocycles. The standard InChI is InChI=1S/C36H44O6/c1-6-27(37)20-31-21-30(41-36(42-31)25-10-15-29(39-5)16-11-25)19-26-12-17-33-34(32(26)7-2)18-23(3)35(33)40-22-24-8-13-28(38-4)14-9-24/h6-17,23,26,30-36H,1-2,18-22H2,3-5H3/t23-,26+,30+,31-,32-,33-,34+,35-,36+/m1/s1. The molecule has 224 valence electrons. The first-order chi connectivity index (χ1) is 20.4. The predicted molar refractivity (Wildman–Crippen MR) is 163 cm³/mol. The minimum absolute atomic E-state index is 0.0147. The monoisotopic (exact) mass is 572 g/mol. The lowest BCUT2D eigenvalue weighted by molar-refractivity contribution is -0.250. The van der Waals surface area contributed by atoms with Gasteiger partial charge in [-0.15, -0.1) is 6.58 Å². The highest BCUT2D eigenvalue weighted by molar-refractivity contribution is 5.89. The zero-order valence-corrected chi connectivity index (χ0v) is 25.0. The third-order valence-corrected chi connectivity index (χ3v) is 9.26. The Morgan fingerprint density at radius 1 is 0.929 bits per heavy atom. The van der Waals surface area contributed by atoms with Gasteiger partial charge in [0.2, 0.25) is 0 Å². The highest BCUT2D eigenvalue weighted by atomic mass is 16.7. The Morgan fingerprint density at radius 3 is 2.24 bits per heavy atom. The molecule has 2 aliphatic carbocycles. The maximum atomic E-state index is 12.3. The largest absolute Gasteiger partial charge is 0.497 e. The molecule has 0 amide bonds. The van der Waals surface area contributed by atoms with E-state index in [4.69, 9.17) is 23.7 Å². The van der Waals surface area contributed by atoms with E-state index < -0.39 is 6.29 Å². The number of carbonyl (C=O) groups is 1. The van der Waals surface area contributed by atoms with Crippen LogP contribution >= 0.6 is 0 Å². The first kappa shape index (κ1) is 30.3. The topological polar surface area (TPSA) is 63.2 Å². The van der Waals surface area contributed by atoms with Crippen LogP contribution in [0.25, 0.3) is 0 Å². The molecule has 6 nitrogen and oxygen atoms in total. The van der Waals surface area contributed by atoms with Gasteiger partial charge < -0.3 is 23.7 Å². The van der Waals surface area contributed by atoms with Crippen LogP contribution in [0, 0.1) is 29.6 Å². The minimum Gasteiger partial charge on any atom is -0.497 e. The van der Waals surface area contributed by atoms with Crippen LogP contribution < -0.4 is 9.47 Å². The van der Waals surface area contributed by atoms with Crippen molar-refractivity contribution in [2.75, 3.05) is 14.2 Å². The number of methoxy groups -OCH3 is 2. The van der Waals surface area contributed by atoms with Crippen LogP contribution in [0.1, 0.15) is 50.0 Å². The molecule has 6 heteroatoms. The number of benzene rings is 2. The van der Waals surface area contributed by atoms with Gasteiger partial charge in [0.05, 0.1) is 39.1 Å². The van der Waals surface area contributed by atoms with Crippen molar-refractivity contribution in [3.8, 4) is 11.5 Å². The maximum absolute atomic E-state index is 12.3. The third-order valence-electron chi connectivity index (χ3n) is 9.26. The summed E-state index contributed by atoms with van der Waals surface area (Å²) < 4.78 is 30.0. The Bertz CT molecular complexity index is 1230. The van der Waals surface area contributed by atoms with Crippen LogP contribution in [0.3, 0.4) is 0 Å². The molecule has 0 spiro atoms. The minimum atomic E-state index is -0.540. The summed E-state index contributed by atoms with van der Waals surface area (Å²) in [5.74, 6) is 3.53. The summed E-state index contributed by atoms with van der Waals surface area (Å²) >= 11 is 0. The van der Waals surface area contributed by atoms with Crippen LogP contribution in [0.2, 0.25) is 0 Å². The molecule has 0 bridgehead atoms. The van der Waals surface area contributed by atoms with Crippen molar-refractivity contribution in [3.63, 3.8) is 0 Å². The van der Waals surface area contributed by atoms with Gasteiger partial charge in [0.1, 0.15) is 11.5 Å². The van der Waals surface area contributed by atoms with E-state index in [1.165, 1.54) is 6.08 Å². The molecule has 1 saturated heterocycles. The highest BCUT2D eigenvalue weighted by Gasteiger charge is 2.47. The van der Waals surface area contributed by atoms with E-state index in [0.29, 0.717) is 49.0 Å². The van der Waals surface area contributed by atoms with E-state index in [1.807, 2.05) is 36.4 Å². The second-order valence-electron chi connectivity index (χ2n) is 11.9. The smallest absolute Gasteiger partial charge is 0.184 e. The molecule has 1 heterocycles. The van der Waals surface area contributed by atoms with Gasteiger partial charge in [0, 0.05) is 24.3 Å². The van der Waals surface area contributed by atoms with Crippen molar-refractivity contribution in [3.05, 3.63) is 97.1 Å². The van der Waals surface area contributed by atoms with Crippen LogP contribution in [-0.2, 0) is 25.6 Å². The van der Waals surface area contributed by atoms with E-state index in [2.05, 4.69) is 50.4 Å².